The molecule has 0 fully saturated rings. The third-order valence-corrected chi connectivity index (χ3v) is 4.96. The SMILES string of the molecule is C=N/C(C(N)=O)=C(/NC)SCNc1ccc(OC)cc1.COCCOc1ccc(C=O)cc1. The minimum atomic E-state index is -0.610. The smallest absolute Gasteiger partial charge is 0.269 e. The third-order valence-electron chi connectivity index (χ3n) is 3.99. The van der Waals surface area contributed by atoms with Gasteiger partial charge in [0.05, 0.1) is 19.6 Å². The number of methoxy groups -OCH3 is 2. The summed E-state index contributed by atoms with van der Waals surface area (Å²) in [5.41, 5.74) is 6.95. The van der Waals surface area contributed by atoms with Crippen molar-refractivity contribution in [1.82, 2.24) is 5.32 Å². The van der Waals surface area contributed by atoms with Crippen molar-refractivity contribution in [2.45, 2.75) is 0 Å². The van der Waals surface area contributed by atoms with Gasteiger partial charge in [-0.25, -0.2) is 0 Å². The molecular formula is C23H30N4O5S. The predicted octanol–water partition coefficient (Wildman–Crippen LogP) is 2.90. The van der Waals surface area contributed by atoms with E-state index in [1.807, 2.05) is 24.3 Å². The second kappa shape index (κ2) is 16.2. The number of ether oxygens (including phenoxy) is 3. The van der Waals surface area contributed by atoms with E-state index in [0.29, 0.717) is 29.7 Å². The second-order valence-corrected chi connectivity index (χ2v) is 7.16. The van der Waals surface area contributed by atoms with Gasteiger partial charge in [-0.05, 0) is 55.2 Å². The molecule has 0 saturated carbocycles. The van der Waals surface area contributed by atoms with Crippen molar-refractivity contribution in [2.24, 2.45) is 10.7 Å². The van der Waals surface area contributed by atoms with E-state index in [1.54, 1.807) is 45.5 Å². The number of nitrogens with two attached hydrogens (primary N) is 1. The fourth-order valence-corrected chi connectivity index (χ4v) is 3.14. The van der Waals surface area contributed by atoms with Gasteiger partial charge in [-0.3, -0.25) is 14.6 Å². The lowest BCUT2D eigenvalue weighted by molar-refractivity contribution is -0.114. The van der Waals surface area contributed by atoms with Crippen LogP contribution in [0.3, 0.4) is 0 Å². The summed E-state index contributed by atoms with van der Waals surface area (Å²) in [5, 5.41) is 6.66. The number of anilines is 1. The Hall–Kier alpha value is -3.50. The maximum Gasteiger partial charge on any atom is 0.269 e. The van der Waals surface area contributed by atoms with E-state index in [-0.39, 0.29) is 5.70 Å². The number of amides is 1. The summed E-state index contributed by atoms with van der Waals surface area (Å²) < 4.78 is 15.2. The molecule has 178 valence electrons. The van der Waals surface area contributed by atoms with Crippen molar-refractivity contribution in [3.8, 4) is 11.5 Å². The van der Waals surface area contributed by atoms with E-state index >= 15 is 0 Å². The van der Waals surface area contributed by atoms with Gasteiger partial charge in [-0.15, -0.1) is 0 Å². The summed E-state index contributed by atoms with van der Waals surface area (Å²) >= 11 is 1.38. The highest BCUT2D eigenvalue weighted by Gasteiger charge is 2.10. The molecule has 0 atom stereocenters. The van der Waals surface area contributed by atoms with Crippen LogP contribution in [-0.2, 0) is 9.53 Å². The molecule has 9 nitrogen and oxygen atoms in total. The molecule has 2 rings (SSSR count). The van der Waals surface area contributed by atoms with Crippen molar-refractivity contribution < 1.29 is 23.8 Å². The minimum absolute atomic E-state index is 0.133. The summed E-state index contributed by atoms with van der Waals surface area (Å²) in [4.78, 5) is 25.1. The number of aldehydes is 1. The van der Waals surface area contributed by atoms with Crippen LogP contribution >= 0.6 is 11.8 Å². The highest BCUT2D eigenvalue weighted by molar-refractivity contribution is 8.03. The van der Waals surface area contributed by atoms with Crippen LogP contribution in [0.5, 0.6) is 11.5 Å². The summed E-state index contributed by atoms with van der Waals surface area (Å²) in [6, 6.07) is 14.5. The molecule has 0 heterocycles. The van der Waals surface area contributed by atoms with Crippen molar-refractivity contribution in [3.05, 3.63) is 64.8 Å². The predicted molar refractivity (Wildman–Crippen MR) is 133 cm³/mol. The summed E-state index contributed by atoms with van der Waals surface area (Å²) in [5.74, 6) is 1.49. The fraction of sp³-hybridized carbons (Fsp3) is 0.261. The molecule has 1 amide bonds. The Bertz CT molecular complexity index is 902. The Kier molecular flexibility index (Phi) is 13.5. The van der Waals surface area contributed by atoms with Gasteiger partial charge in [-0.2, -0.15) is 0 Å². The Morgan fingerprint density at radius 2 is 1.73 bits per heavy atom. The van der Waals surface area contributed by atoms with E-state index in [1.165, 1.54) is 11.8 Å². The first-order valence-corrected chi connectivity index (χ1v) is 10.8. The number of benzene rings is 2. The van der Waals surface area contributed by atoms with Crippen LogP contribution in [0.15, 0.2) is 64.2 Å². The average Bonchev–Trinajstić information content (AvgIpc) is 2.84. The highest BCUT2D eigenvalue weighted by Crippen LogP contribution is 2.20. The molecule has 33 heavy (non-hydrogen) atoms. The number of rotatable bonds is 13. The summed E-state index contributed by atoms with van der Waals surface area (Å²) in [6.45, 7) is 4.43. The van der Waals surface area contributed by atoms with Gasteiger partial charge in [0.1, 0.15) is 29.4 Å². The third kappa shape index (κ3) is 10.6. The Morgan fingerprint density at radius 1 is 1.09 bits per heavy atom. The lowest BCUT2D eigenvalue weighted by Gasteiger charge is -2.11. The van der Waals surface area contributed by atoms with Crippen LogP contribution in [0.4, 0.5) is 5.69 Å². The quantitative estimate of drug-likeness (QED) is 0.133. The van der Waals surface area contributed by atoms with Crippen LogP contribution in [-0.4, -0.2) is 59.3 Å². The van der Waals surface area contributed by atoms with Crippen LogP contribution in [0.1, 0.15) is 10.4 Å². The van der Waals surface area contributed by atoms with E-state index < -0.39 is 5.91 Å². The zero-order valence-electron chi connectivity index (χ0n) is 19.0. The maximum absolute atomic E-state index is 11.2. The molecule has 0 radical (unpaired) electrons. The summed E-state index contributed by atoms with van der Waals surface area (Å²) in [6.07, 6.45) is 0.804. The Morgan fingerprint density at radius 3 is 2.21 bits per heavy atom. The Balaban J connectivity index is 0.000000361. The van der Waals surface area contributed by atoms with Gasteiger partial charge in [0, 0.05) is 25.4 Å². The number of carbonyl (C=O) groups excluding carboxylic acids is 2. The molecule has 2 aromatic rings. The standard InChI is InChI=1S/C13H18N4O2S.C10H12O3/c1-15-11(12(14)18)13(16-2)20-8-17-9-4-6-10(19-3)7-5-9;1-12-6-7-13-10-4-2-9(8-11)3-5-10/h4-7,16-17H,1,8H2,2-3H3,(H2,14,18);2-5,8H,6-7H2,1H3/b13-11-;. The molecule has 10 heteroatoms. The largest absolute Gasteiger partial charge is 0.497 e. The molecule has 0 spiro atoms. The second-order valence-electron chi connectivity index (χ2n) is 6.17. The Labute approximate surface area is 198 Å². The van der Waals surface area contributed by atoms with E-state index in [2.05, 4.69) is 22.3 Å². The molecule has 4 N–H and O–H groups in total. The molecule has 0 aromatic heterocycles. The number of nitrogens with one attached hydrogen (secondary N) is 2. The maximum atomic E-state index is 11.2. The van der Waals surface area contributed by atoms with Gasteiger partial charge < -0.3 is 30.6 Å². The van der Waals surface area contributed by atoms with Gasteiger partial charge in [0.2, 0.25) is 0 Å². The molecular weight excluding hydrogens is 444 g/mol. The van der Waals surface area contributed by atoms with Gasteiger partial charge >= 0.3 is 0 Å². The van der Waals surface area contributed by atoms with Crippen molar-refractivity contribution in [1.29, 1.82) is 0 Å². The first kappa shape index (κ1) is 27.5. The number of thioether (sulfide) groups is 1. The van der Waals surface area contributed by atoms with Crippen LogP contribution in [0.25, 0.3) is 0 Å². The van der Waals surface area contributed by atoms with Crippen molar-refractivity contribution in [3.63, 3.8) is 0 Å². The molecule has 0 aliphatic carbocycles. The van der Waals surface area contributed by atoms with E-state index in [0.717, 1.165) is 23.5 Å². The lowest BCUT2D eigenvalue weighted by Crippen LogP contribution is -2.19. The topological polar surface area (TPSA) is 124 Å². The van der Waals surface area contributed by atoms with Gasteiger partial charge in [0.25, 0.3) is 5.91 Å². The normalized spacial score (nSPS) is 10.6. The minimum Gasteiger partial charge on any atom is -0.497 e. The molecule has 0 unspecified atom stereocenters. The fourth-order valence-electron chi connectivity index (χ4n) is 2.31. The molecule has 0 aliphatic rings. The number of carbonyl (C=O) groups is 2. The van der Waals surface area contributed by atoms with Gasteiger partial charge in [-0.1, -0.05) is 11.8 Å². The average molecular weight is 475 g/mol. The summed E-state index contributed by atoms with van der Waals surface area (Å²) in [7, 11) is 4.94. The van der Waals surface area contributed by atoms with E-state index in [4.69, 9.17) is 19.9 Å². The van der Waals surface area contributed by atoms with E-state index in [9.17, 15) is 9.59 Å². The first-order chi connectivity index (χ1) is 16.0. The first-order valence-electron chi connectivity index (χ1n) is 9.85. The zero-order valence-corrected chi connectivity index (χ0v) is 19.8. The molecule has 0 saturated heterocycles. The molecule has 2 aromatic carbocycles. The van der Waals surface area contributed by atoms with Crippen molar-refractivity contribution >= 4 is 36.4 Å². The van der Waals surface area contributed by atoms with Crippen LogP contribution in [0, 0.1) is 0 Å². The number of hydrogen-bond donors (Lipinski definition) is 3. The highest BCUT2D eigenvalue weighted by atomic mass is 32.2. The number of nitrogens with zero attached hydrogens (tertiary/aromatic N) is 1. The zero-order chi connectivity index (χ0) is 24.5. The van der Waals surface area contributed by atoms with Crippen LogP contribution in [0.2, 0.25) is 0 Å². The van der Waals surface area contributed by atoms with Crippen LogP contribution < -0.4 is 25.8 Å². The molecule has 0 aliphatic heterocycles. The van der Waals surface area contributed by atoms with Crippen molar-refractivity contribution in [2.75, 3.05) is 45.7 Å². The number of primary amides is 1. The molecule has 0 bridgehead atoms. The monoisotopic (exact) mass is 474 g/mol. The number of hydrogen-bond acceptors (Lipinski definition) is 9. The van der Waals surface area contributed by atoms with Gasteiger partial charge in [0.15, 0.2) is 5.70 Å². The lowest BCUT2D eigenvalue weighted by atomic mass is 10.2. The number of aliphatic imine (C=N–C) groups is 1.